The molecular weight excluding hydrogens is 466 g/mol. The standard InChI is InChI=1S/C25H27ClF2N2O2S/c1-13(17-6-5-16(27)9-20(17)26)30-12-14-7-22(30)24(8-14)32-23-11-21(28)19(25(31)29-33-2)10-18(23)15-3-4-15/h5-6,9-11,13-15,22,24H,3-4,7-8,12H2,1-2H3,(H,29,31)/t13?,14?,22-,24?/m1/s1. The van der Waals surface area contributed by atoms with E-state index in [2.05, 4.69) is 16.5 Å². The molecule has 4 atom stereocenters. The first-order chi connectivity index (χ1) is 15.9. The Balaban J connectivity index is 1.38. The molecule has 2 bridgehead atoms. The number of ether oxygens (including phenoxy) is 1. The Morgan fingerprint density at radius 1 is 1.24 bits per heavy atom. The zero-order valence-electron chi connectivity index (χ0n) is 18.6. The molecule has 3 unspecified atom stereocenters. The van der Waals surface area contributed by atoms with Gasteiger partial charge in [0.1, 0.15) is 23.5 Å². The second-order valence-electron chi connectivity index (χ2n) is 9.38. The number of amides is 1. The van der Waals surface area contributed by atoms with Gasteiger partial charge in [-0.1, -0.05) is 29.6 Å². The van der Waals surface area contributed by atoms with Gasteiger partial charge in [-0.15, -0.1) is 0 Å². The smallest absolute Gasteiger partial charge is 0.264 e. The van der Waals surface area contributed by atoms with Crippen LogP contribution in [0.25, 0.3) is 0 Å². The van der Waals surface area contributed by atoms with E-state index in [0.29, 0.717) is 22.6 Å². The molecule has 1 N–H and O–H groups in total. The van der Waals surface area contributed by atoms with Crippen LogP contribution >= 0.6 is 23.5 Å². The van der Waals surface area contributed by atoms with E-state index in [1.165, 1.54) is 18.2 Å². The van der Waals surface area contributed by atoms with Crippen LogP contribution in [0.15, 0.2) is 30.3 Å². The molecular formula is C25H27ClF2N2O2S. The van der Waals surface area contributed by atoms with Crippen LogP contribution in [-0.4, -0.2) is 35.8 Å². The van der Waals surface area contributed by atoms with Crippen LogP contribution in [0.4, 0.5) is 8.78 Å². The summed E-state index contributed by atoms with van der Waals surface area (Å²) in [6.07, 6.45) is 5.65. The molecule has 1 aliphatic heterocycles. The fourth-order valence-corrected chi connectivity index (χ4v) is 6.09. The normalized spacial score (nSPS) is 25.3. The zero-order valence-corrected chi connectivity index (χ0v) is 20.2. The summed E-state index contributed by atoms with van der Waals surface area (Å²) in [7, 11) is 0. The molecule has 3 fully saturated rings. The maximum Gasteiger partial charge on any atom is 0.264 e. The number of hydrogen-bond donors (Lipinski definition) is 1. The van der Waals surface area contributed by atoms with Gasteiger partial charge in [0.2, 0.25) is 0 Å². The minimum atomic E-state index is -0.563. The Kier molecular flexibility index (Phi) is 6.31. The molecule has 0 radical (unpaired) electrons. The van der Waals surface area contributed by atoms with Crippen LogP contribution in [0.1, 0.15) is 66.1 Å². The predicted octanol–water partition coefficient (Wildman–Crippen LogP) is 6.11. The van der Waals surface area contributed by atoms with Gasteiger partial charge in [0.25, 0.3) is 5.91 Å². The Morgan fingerprint density at radius 3 is 2.70 bits per heavy atom. The largest absolute Gasteiger partial charge is 0.488 e. The number of carbonyl (C=O) groups is 1. The van der Waals surface area contributed by atoms with Crippen molar-refractivity contribution in [1.29, 1.82) is 0 Å². The van der Waals surface area contributed by atoms with Crippen molar-refractivity contribution in [2.45, 2.75) is 56.7 Å². The quantitative estimate of drug-likeness (QED) is 0.474. The van der Waals surface area contributed by atoms with Crippen LogP contribution in [0.3, 0.4) is 0 Å². The van der Waals surface area contributed by atoms with Crippen molar-refractivity contribution in [3.05, 3.63) is 63.7 Å². The van der Waals surface area contributed by atoms with Crippen LogP contribution < -0.4 is 9.46 Å². The topological polar surface area (TPSA) is 41.6 Å². The fourth-order valence-electron chi connectivity index (χ4n) is 5.47. The first-order valence-corrected chi connectivity index (χ1v) is 13.0. The zero-order chi connectivity index (χ0) is 23.3. The lowest BCUT2D eigenvalue weighted by Crippen LogP contribution is -2.45. The van der Waals surface area contributed by atoms with Crippen LogP contribution in [0, 0.1) is 17.6 Å². The van der Waals surface area contributed by atoms with Crippen molar-refractivity contribution in [3.8, 4) is 5.75 Å². The number of halogens is 3. The van der Waals surface area contributed by atoms with Crippen molar-refractivity contribution < 1.29 is 18.3 Å². The lowest BCUT2D eigenvalue weighted by Gasteiger charge is -2.38. The highest BCUT2D eigenvalue weighted by Gasteiger charge is 2.48. The third-order valence-corrected chi connectivity index (χ3v) is 7.93. The number of carbonyl (C=O) groups excluding carboxylic acids is 1. The van der Waals surface area contributed by atoms with E-state index in [0.717, 1.165) is 55.3 Å². The summed E-state index contributed by atoms with van der Waals surface area (Å²) in [5.74, 6) is 0.0395. The lowest BCUT2D eigenvalue weighted by molar-refractivity contribution is 0.0506. The van der Waals surface area contributed by atoms with Gasteiger partial charge < -0.3 is 4.74 Å². The second-order valence-corrected chi connectivity index (χ2v) is 10.4. The molecule has 0 spiro atoms. The summed E-state index contributed by atoms with van der Waals surface area (Å²) in [5, 5.41) is 0.431. The van der Waals surface area contributed by atoms with E-state index in [1.807, 2.05) is 0 Å². The molecule has 176 valence electrons. The van der Waals surface area contributed by atoms with Crippen molar-refractivity contribution in [1.82, 2.24) is 9.62 Å². The van der Waals surface area contributed by atoms with Gasteiger partial charge in [0, 0.05) is 36.0 Å². The van der Waals surface area contributed by atoms with Gasteiger partial charge in [0.05, 0.1) is 5.56 Å². The van der Waals surface area contributed by atoms with Gasteiger partial charge in [-0.3, -0.25) is 14.4 Å². The Hall–Kier alpha value is -1.83. The van der Waals surface area contributed by atoms with E-state index in [1.54, 1.807) is 18.4 Å². The van der Waals surface area contributed by atoms with Crippen molar-refractivity contribution in [2.24, 2.45) is 5.92 Å². The average Bonchev–Trinajstić information content (AvgIpc) is 3.42. The molecule has 33 heavy (non-hydrogen) atoms. The number of nitrogens with zero attached hydrogens (tertiary/aromatic N) is 1. The van der Waals surface area contributed by atoms with Crippen molar-refractivity contribution >= 4 is 29.5 Å². The Morgan fingerprint density at radius 2 is 2.03 bits per heavy atom. The molecule has 2 aromatic rings. The maximum atomic E-state index is 14.8. The number of hydrogen-bond acceptors (Lipinski definition) is 4. The van der Waals surface area contributed by atoms with E-state index < -0.39 is 11.7 Å². The first kappa shape index (κ1) is 22.9. The predicted molar refractivity (Wildman–Crippen MR) is 127 cm³/mol. The molecule has 1 amide bonds. The molecule has 2 aromatic carbocycles. The van der Waals surface area contributed by atoms with Gasteiger partial charge in [0.15, 0.2) is 0 Å². The summed E-state index contributed by atoms with van der Waals surface area (Å²) >= 11 is 7.49. The third kappa shape index (κ3) is 4.47. The van der Waals surface area contributed by atoms with Gasteiger partial charge in [-0.25, -0.2) is 8.78 Å². The van der Waals surface area contributed by atoms with Gasteiger partial charge in [-0.05, 0) is 73.8 Å². The molecule has 8 heteroatoms. The molecule has 1 saturated heterocycles. The van der Waals surface area contributed by atoms with E-state index in [9.17, 15) is 13.6 Å². The van der Waals surface area contributed by atoms with Gasteiger partial charge in [-0.2, -0.15) is 0 Å². The Labute approximate surface area is 202 Å². The molecule has 5 rings (SSSR count). The summed E-state index contributed by atoms with van der Waals surface area (Å²) in [4.78, 5) is 14.6. The SMILES string of the molecule is CSNC(=O)c1cc(C2CC2)c(OC2CC3C[C@H]2N(C(C)c2ccc(F)cc2Cl)C3)cc1F. The minimum absolute atomic E-state index is 0.0248. The number of piperidine rings is 1. The molecule has 2 aliphatic carbocycles. The summed E-state index contributed by atoms with van der Waals surface area (Å²) in [6.45, 7) is 3.03. The fraction of sp³-hybridized carbons (Fsp3) is 0.480. The number of nitrogens with one attached hydrogen (secondary N) is 1. The number of benzene rings is 2. The molecule has 0 aromatic heterocycles. The minimum Gasteiger partial charge on any atom is -0.488 e. The lowest BCUT2D eigenvalue weighted by atomic mass is 10.0. The number of rotatable bonds is 7. The van der Waals surface area contributed by atoms with E-state index in [-0.39, 0.29) is 29.6 Å². The highest BCUT2D eigenvalue weighted by atomic mass is 35.5. The molecule has 4 nitrogen and oxygen atoms in total. The second kappa shape index (κ2) is 9.08. The highest BCUT2D eigenvalue weighted by molar-refractivity contribution is 7.97. The van der Waals surface area contributed by atoms with Crippen molar-refractivity contribution in [2.75, 3.05) is 12.8 Å². The summed E-state index contributed by atoms with van der Waals surface area (Å²) < 4.78 is 37.4. The van der Waals surface area contributed by atoms with Crippen LogP contribution in [-0.2, 0) is 0 Å². The Bertz CT molecular complexity index is 1080. The van der Waals surface area contributed by atoms with E-state index >= 15 is 0 Å². The van der Waals surface area contributed by atoms with E-state index in [4.69, 9.17) is 16.3 Å². The molecule has 2 saturated carbocycles. The highest BCUT2D eigenvalue weighted by Crippen LogP contribution is 2.48. The third-order valence-electron chi connectivity index (χ3n) is 7.21. The van der Waals surface area contributed by atoms with Crippen LogP contribution in [0.5, 0.6) is 5.75 Å². The van der Waals surface area contributed by atoms with Crippen molar-refractivity contribution in [3.63, 3.8) is 0 Å². The number of fused-ring (bicyclic) bond motifs is 2. The van der Waals surface area contributed by atoms with Crippen LogP contribution in [0.2, 0.25) is 5.02 Å². The summed E-state index contributed by atoms with van der Waals surface area (Å²) in [6, 6.07) is 7.81. The monoisotopic (exact) mass is 492 g/mol. The summed E-state index contributed by atoms with van der Waals surface area (Å²) in [5.41, 5.74) is 1.89. The van der Waals surface area contributed by atoms with Gasteiger partial charge >= 0.3 is 0 Å². The molecule has 1 heterocycles. The average molecular weight is 493 g/mol. The number of likely N-dealkylation sites (tertiary alicyclic amines) is 1. The maximum absolute atomic E-state index is 14.8. The first-order valence-electron chi connectivity index (χ1n) is 11.4. The molecule has 3 aliphatic rings.